The number of aliphatic carboxylic acids is 1. The van der Waals surface area contributed by atoms with Gasteiger partial charge in [0.15, 0.2) is 6.29 Å². The molecule has 0 saturated carbocycles. The summed E-state index contributed by atoms with van der Waals surface area (Å²) >= 11 is 0. The van der Waals surface area contributed by atoms with E-state index in [2.05, 4.69) is 5.32 Å². The van der Waals surface area contributed by atoms with Crippen LogP contribution in [0.3, 0.4) is 0 Å². The zero-order chi connectivity index (χ0) is 15.1. The Balaban J connectivity index is 1.62. The first-order chi connectivity index (χ1) is 10.1. The Morgan fingerprint density at radius 2 is 1.90 bits per heavy atom. The fourth-order valence-corrected chi connectivity index (χ4v) is 1.74. The molecule has 2 N–H and O–H groups in total. The zero-order valence-corrected chi connectivity index (χ0v) is 11.4. The predicted octanol–water partition coefficient (Wildman–Crippen LogP) is 0.986. The highest BCUT2D eigenvalue weighted by Crippen LogP contribution is 2.10. The molecule has 0 bridgehead atoms. The highest BCUT2D eigenvalue weighted by atomic mass is 16.7. The van der Waals surface area contributed by atoms with Gasteiger partial charge < -0.3 is 24.6 Å². The third-order valence-electron chi connectivity index (χ3n) is 2.94. The Morgan fingerprint density at radius 3 is 2.52 bits per heavy atom. The van der Waals surface area contributed by atoms with Crippen LogP contribution in [-0.4, -0.2) is 43.2 Å². The number of carbonyl (C=O) groups excluding carboxylic acids is 1. The van der Waals surface area contributed by atoms with Crippen LogP contribution in [0.15, 0.2) is 30.3 Å². The number of amides is 1. The number of benzene rings is 1. The van der Waals surface area contributed by atoms with Gasteiger partial charge >= 0.3 is 12.1 Å². The van der Waals surface area contributed by atoms with Gasteiger partial charge in [-0.05, 0) is 5.56 Å². The maximum atomic E-state index is 11.5. The van der Waals surface area contributed by atoms with E-state index < -0.39 is 24.3 Å². The Hall–Kier alpha value is -2.12. The largest absolute Gasteiger partial charge is 0.481 e. The molecule has 21 heavy (non-hydrogen) atoms. The summed E-state index contributed by atoms with van der Waals surface area (Å²) in [5.41, 5.74) is 0.891. The molecule has 114 valence electrons. The molecule has 1 aromatic carbocycles. The SMILES string of the molecule is O=C(NCC1OCC(C(=O)O)CO1)OCc1ccccc1. The summed E-state index contributed by atoms with van der Waals surface area (Å²) in [6, 6.07) is 9.31. The second-order valence-corrected chi connectivity index (χ2v) is 4.57. The number of rotatable bonds is 5. The van der Waals surface area contributed by atoms with Gasteiger partial charge in [-0.15, -0.1) is 0 Å². The highest BCUT2D eigenvalue weighted by molar-refractivity contribution is 5.70. The van der Waals surface area contributed by atoms with Crippen molar-refractivity contribution in [3.05, 3.63) is 35.9 Å². The lowest BCUT2D eigenvalue weighted by Gasteiger charge is -2.27. The van der Waals surface area contributed by atoms with Gasteiger partial charge in [0.25, 0.3) is 0 Å². The molecule has 0 aromatic heterocycles. The van der Waals surface area contributed by atoms with E-state index in [1.54, 1.807) is 0 Å². The third-order valence-corrected chi connectivity index (χ3v) is 2.94. The van der Waals surface area contributed by atoms with Gasteiger partial charge in [-0.3, -0.25) is 4.79 Å². The van der Waals surface area contributed by atoms with Gasteiger partial charge in [0, 0.05) is 0 Å². The first-order valence-corrected chi connectivity index (χ1v) is 6.55. The van der Waals surface area contributed by atoms with Crippen molar-refractivity contribution in [3.63, 3.8) is 0 Å². The molecule has 7 nitrogen and oxygen atoms in total. The number of nitrogens with one attached hydrogen (secondary N) is 1. The van der Waals surface area contributed by atoms with Crippen LogP contribution in [0.4, 0.5) is 4.79 Å². The van der Waals surface area contributed by atoms with Crippen molar-refractivity contribution in [3.8, 4) is 0 Å². The normalized spacial score (nSPS) is 21.5. The molecule has 0 aliphatic carbocycles. The quantitative estimate of drug-likeness (QED) is 0.841. The average Bonchev–Trinajstić information content (AvgIpc) is 2.52. The minimum absolute atomic E-state index is 0.0702. The molecule has 1 aliphatic rings. The number of hydrogen-bond donors (Lipinski definition) is 2. The van der Waals surface area contributed by atoms with Crippen molar-refractivity contribution >= 4 is 12.1 Å². The van der Waals surface area contributed by atoms with Gasteiger partial charge in [0.05, 0.1) is 19.8 Å². The van der Waals surface area contributed by atoms with Crippen molar-refractivity contribution in [1.29, 1.82) is 0 Å². The van der Waals surface area contributed by atoms with Crippen molar-refractivity contribution in [2.45, 2.75) is 12.9 Å². The van der Waals surface area contributed by atoms with E-state index in [1.165, 1.54) is 0 Å². The minimum atomic E-state index is -0.955. The van der Waals surface area contributed by atoms with E-state index in [1.807, 2.05) is 30.3 Å². The van der Waals surface area contributed by atoms with Crippen molar-refractivity contribution in [2.24, 2.45) is 5.92 Å². The number of carboxylic acids is 1. The summed E-state index contributed by atoms with van der Waals surface area (Å²) < 4.78 is 15.4. The van der Waals surface area contributed by atoms with Crippen LogP contribution in [0.2, 0.25) is 0 Å². The highest BCUT2D eigenvalue weighted by Gasteiger charge is 2.27. The predicted molar refractivity (Wildman–Crippen MR) is 71.4 cm³/mol. The lowest BCUT2D eigenvalue weighted by Crippen LogP contribution is -2.42. The molecule has 0 atom stereocenters. The molecule has 1 aliphatic heterocycles. The lowest BCUT2D eigenvalue weighted by atomic mass is 10.2. The number of carboxylic acid groups (broad SMARTS) is 1. The van der Waals surface area contributed by atoms with Crippen molar-refractivity contribution in [2.75, 3.05) is 19.8 Å². The fraction of sp³-hybridized carbons (Fsp3) is 0.429. The molecular formula is C14H17NO6. The number of hydrogen-bond acceptors (Lipinski definition) is 5. The van der Waals surface area contributed by atoms with Crippen LogP contribution in [0.25, 0.3) is 0 Å². The van der Waals surface area contributed by atoms with Crippen LogP contribution in [0.5, 0.6) is 0 Å². The topological polar surface area (TPSA) is 94.1 Å². The molecule has 1 amide bonds. The first-order valence-electron chi connectivity index (χ1n) is 6.55. The number of alkyl carbamates (subject to hydrolysis) is 1. The molecule has 1 aromatic rings. The van der Waals surface area contributed by atoms with Crippen LogP contribution < -0.4 is 5.32 Å². The Bertz CT molecular complexity index is 470. The summed E-state index contributed by atoms with van der Waals surface area (Å²) in [6.45, 7) is 0.432. The standard InChI is InChI=1S/C14H17NO6/c16-13(17)11-8-19-12(20-9-11)6-15-14(18)21-7-10-4-2-1-3-5-10/h1-5,11-12H,6-9H2,(H,15,18)(H,16,17). The van der Waals surface area contributed by atoms with E-state index in [9.17, 15) is 9.59 Å². The number of ether oxygens (including phenoxy) is 3. The lowest BCUT2D eigenvalue weighted by molar-refractivity contribution is -0.204. The molecule has 1 heterocycles. The Kier molecular flexibility index (Phi) is 5.53. The maximum absolute atomic E-state index is 11.5. The first kappa shape index (κ1) is 15.3. The van der Waals surface area contributed by atoms with Crippen LogP contribution in [0, 0.1) is 5.92 Å². The summed E-state index contributed by atoms with van der Waals surface area (Å²) in [4.78, 5) is 22.2. The van der Waals surface area contributed by atoms with Gasteiger partial charge in [-0.25, -0.2) is 4.79 Å². The Morgan fingerprint density at radius 1 is 1.24 bits per heavy atom. The van der Waals surface area contributed by atoms with Crippen molar-refractivity contribution in [1.82, 2.24) is 5.32 Å². The summed E-state index contributed by atoms with van der Waals surface area (Å²) in [6.07, 6.45) is -1.23. The smallest absolute Gasteiger partial charge is 0.407 e. The van der Waals surface area contributed by atoms with Crippen molar-refractivity contribution < 1.29 is 28.9 Å². The van der Waals surface area contributed by atoms with Crippen LogP contribution >= 0.6 is 0 Å². The van der Waals surface area contributed by atoms with Crippen LogP contribution in [-0.2, 0) is 25.6 Å². The summed E-state index contributed by atoms with van der Waals surface area (Å²) in [5, 5.41) is 11.3. The zero-order valence-electron chi connectivity index (χ0n) is 11.4. The maximum Gasteiger partial charge on any atom is 0.407 e. The van der Waals surface area contributed by atoms with Gasteiger partial charge in [-0.1, -0.05) is 30.3 Å². The summed E-state index contributed by atoms with van der Waals surface area (Å²) in [7, 11) is 0. The molecule has 0 unspecified atom stereocenters. The molecule has 0 radical (unpaired) electrons. The molecule has 7 heteroatoms. The monoisotopic (exact) mass is 295 g/mol. The molecular weight excluding hydrogens is 278 g/mol. The summed E-state index contributed by atoms with van der Waals surface area (Å²) in [5.74, 6) is -1.62. The minimum Gasteiger partial charge on any atom is -0.481 e. The molecule has 2 rings (SSSR count). The van der Waals surface area contributed by atoms with E-state index in [-0.39, 0.29) is 26.4 Å². The van der Waals surface area contributed by atoms with Gasteiger partial charge in [0.1, 0.15) is 12.5 Å². The van der Waals surface area contributed by atoms with E-state index in [0.29, 0.717) is 0 Å². The molecule has 0 spiro atoms. The average molecular weight is 295 g/mol. The second-order valence-electron chi connectivity index (χ2n) is 4.57. The Labute approximate surface area is 121 Å². The van der Waals surface area contributed by atoms with Gasteiger partial charge in [-0.2, -0.15) is 0 Å². The second kappa shape index (κ2) is 7.61. The third kappa shape index (κ3) is 5.05. The van der Waals surface area contributed by atoms with E-state index in [0.717, 1.165) is 5.56 Å². The van der Waals surface area contributed by atoms with Gasteiger partial charge in [0.2, 0.25) is 0 Å². The van der Waals surface area contributed by atoms with E-state index in [4.69, 9.17) is 19.3 Å². The molecule has 1 fully saturated rings. The van der Waals surface area contributed by atoms with Crippen LogP contribution in [0.1, 0.15) is 5.56 Å². The molecule has 1 saturated heterocycles. The van der Waals surface area contributed by atoms with E-state index >= 15 is 0 Å². The fourth-order valence-electron chi connectivity index (χ4n) is 1.74. The number of carbonyl (C=O) groups is 2.